The van der Waals surface area contributed by atoms with Gasteiger partial charge in [-0.2, -0.15) is 0 Å². The van der Waals surface area contributed by atoms with Gasteiger partial charge in [0.25, 0.3) is 0 Å². The minimum Gasteiger partial charge on any atom is -0.494 e. The monoisotopic (exact) mass is 248 g/mol. The first-order chi connectivity index (χ1) is 8.79. The fourth-order valence-electron chi connectivity index (χ4n) is 2.77. The van der Waals surface area contributed by atoms with Crippen molar-refractivity contribution in [2.24, 2.45) is 0 Å². The lowest BCUT2D eigenvalue weighted by Gasteiger charge is -2.22. The summed E-state index contributed by atoms with van der Waals surface area (Å²) in [5.74, 6) is 0.552. The number of aromatic nitrogens is 1. The number of benzene rings is 1. The molecular weight excluding hydrogens is 231 g/mol. The van der Waals surface area contributed by atoms with Crippen LogP contribution in [-0.2, 0) is 0 Å². The quantitative estimate of drug-likeness (QED) is 0.857. The zero-order valence-corrected chi connectivity index (χ0v) is 10.4. The molecule has 0 radical (unpaired) electrons. The zero-order chi connectivity index (χ0) is 12.5. The lowest BCUT2D eigenvalue weighted by molar-refractivity contribution is 0.387. The van der Waals surface area contributed by atoms with Crippen LogP contribution in [-0.4, -0.2) is 25.2 Å². The van der Waals surface area contributed by atoms with Gasteiger partial charge in [-0.25, -0.2) is 4.39 Å². The molecule has 2 N–H and O–H groups in total. The van der Waals surface area contributed by atoms with Crippen molar-refractivity contribution in [3.63, 3.8) is 0 Å². The van der Waals surface area contributed by atoms with E-state index in [1.165, 1.54) is 18.7 Å². The van der Waals surface area contributed by atoms with Crippen molar-refractivity contribution in [2.75, 3.05) is 20.2 Å². The van der Waals surface area contributed by atoms with Crippen LogP contribution in [0, 0.1) is 5.82 Å². The lowest BCUT2D eigenvalue weighted by Crippen LogP contribution is -2.26. The number of rotatable bonds is 2. The molecule has 0 spiro atoms. The van der Waals surface area contributed by atoms with Crippen LogP contribution in [0.5, 0.6) is 5.75 Å². The van der Waals surface area contributed by atoms with E-state index >= 15 is 0 Å². The van der Waals surface area contributed by atoms with E-state index in [4.69, 9.17) is 4.74 Å². The Morgan fingerprint density at radius 2 is 2.06 bits per heavy atom. The summed E-state index contributed by atoms with van der Waals surface area (Å²) in [7, 11) is 1.50. The van der Waals surface area contributed by atoms with Crippen LogP contribution in [0.1, 0.15) is 24.3 Å². The maximum absolute atomic E-state index is 13.6. The topological polar surface area (TPSA) is 37.0 Å². The molecule has 2 aromatic rings. The molecule has 1 aliphatic rings. The van der Waals surface area contributed by atoms with Crippen LogP contribution in [0.2, 0.25) is 0 Å². The van der Waals surface area contributed by atoms with E-state index in [2.05, 4.69) is 10.3 Å². The predicted octanol–water partition coefficient (Wildman–Crippen LogP) is 2.78. The molecular formula is C14H17FN2O. The van der Waals surface area contributed by atoms with Crippen molar-refractivity contribution in [1.82, 2.24) is 10.3 Å². The third-order valence-electron chi connectivity index (χ3n) is 3.77. The Bertz CT molecular complexity index is 558. The van der Waals surface area contributed by atoms with E-state index in [1.54, 1.807) is 6.07 Å². The van der Waals surface area contributed by atoms with Crippen molar-refractivity contribution < 1.29 is 9.13 Å². The van der Waals surface area contributed by atoms with Crippen molar-refractivity contribution in [3.8, 4) is 5.75 Å². The molecule has 1 aromatic carbocycles. The molecule has 1 saturated heterocycles. The Labute approximate surface area is 105 Å². The van der Waals surface area contributed by atoms with Gasteiger partial charge in [0, 0.05) is 23.2 Å². The summed E-state index contributed by atoms with van der Waals surface area (Å²) in [6, 6.07) is 3.32. The Balaban J connectivity index is 2.06. The van der Waals surface area contributed by atoms with Crippen molar-refractivity contribution >= 4 is 10.9 Å². The molecule has 3 rings (SSSR count). The second-order valence-corrected chi connectivity index (χ2v) is 4.80. The van der Waals surface area contributed by atoms with Crippen LogP contribution in [0.25, 0.3) is 10.9 Å². The largest absolute Gasteiger partial charge is 0.494 e. The summed E-state index contributed by atoms with van der Waals surface area (Å²) < 4.78 is 18.7. The average molecular weight is 248 g/mol. The third kappa shape index (κ3) is 1.86. The normalized spacial score (nSPS) is 17.2. The molecule has 1 aromatic heterocycles. The Hall–Kier alpha value is -1.55. The molecule has 2 heterocycles. The number of aromatic amines is 1. The number of fused-ring (bicyclic) bond motifs is 1. The second kappa shape index (κ2) is 4.61. The predicted molar refractivity (Wildman–Crippen MR) is 69.7 cm³/mol. The first-order valence-electron chi connectivity index (χ1n) is 6.35. The highest BCUT2D eigenvalue weighted by atomic mass is 19.1. The number of H-pyrrole nitrogens is 1. The molecule has 0 saturated carbocycles. The Kier molecular flexibility index (Phi) is 2.96. The zero-order valence-electron chi connectivity index (χ0n) is 10.4. The summed E-state index contributed by atoms with van der Waals surface area (Å²) >= 11 is 0. The first-order valence-corrected chi connectivity index (χ1v) is 6.35. The van der Waals surface area contributed by atoms with Gasteiger partial charge in [-0.15, -0.1) is 0 Å². The third-order valence-corrected chi connectivity index (χ3v) is 3.77. The first kappa shape index (κ1) is 11.5. The molecule has 0 aliphatic carbocycles. The van der Waals surface area contributed by atoms with Gasteiger partial charge >= 0.3 is 0 Å². The molecule has 1 aliphatic heterocycles. The van der Waals surface area contributed by atoms with E-state index in [9.17, 15) is 4.39 Å². The maximum Gasteiger partial charge on any atom is 0.167 e. The highest BCUT2D eigenvalue weighted by molar-refractivity contribution is 5.85. The summed E-state index contributed by atoms with van der Waals surface area (Å²) in [5, 5.41) is 4.44. The van der Waals surface area contributed by atoms with Crippen LogP contribution >= 0.6 is 0 Å². The molecule has 0 bridgehead atoms. The Morgan fingerprint density at radius 1 is 1.28 bits per heavy atom. The second-order valence-electron chi connectivity index (χ2n) is 4.80. The summed E-state index contributed by atoms with van der Waals surface area (Å²) in [5.41, 5.74) is 2.13. The molecule has 0 unspecified atom stereocenters. The fourth-order valence-corrected chi connectivity index (χ4v) is 2.77. The number of methoxy groups -OCH3 is 1. The standard InChI is InChI=1S/C14H17FN2O/c1-18-14-6-10-11(9-2-4-16-5-3-9)8-17-13(10)7-12(14)15/h6-9,16-17H,2-5H2,1H3. The smallest absolute Gasteiger partial charge is 0.167 e. The average Bonchev–Trinajstić information content (AvgIpc) is 2.81. The Morgan fingerprint density at radius 3 is 2.78 bits per heavy atom. The van der Waals surface area contributed by atoms with Crippen LogP contribution in [0.3, 0.4) is 0 Å². The highest BCUT2D eigenvalue weighted by Gasteiger charge is 2.19. The van der Waals surface area contributed by atoms with E-state index in [1.807, 2.05) is 6.20 Å². The number of hydrogen-bond donors (Lipinski definition) is 2. The van der Waals surface area contributed by atoms with Crippen molar-refractivity contribution in [1.29, 1.82) is 0 Å². The minimum atomic E-state index is -0.316. The van der Waals surface area contributed by atoms with Crippen LogP contribution in [0.4, 0.5) is 4.39 Å². The highest BCUT2D eigenvalue weighted by Crippen LogP contribution is 2.34. The summed E-state index contributed by atoms with van der Waals surface area (Å²) in [6.45, 7) is 2.10. The SMILES string of the molecule is COc1cc2c(C3CCNCC3)c[nH]c2cc1F. The lowest BCUT2D eigenvalue weighted by atomic mass is 9.90. The van der Waals surface area contributed by atoms with E-state index in [0.29, 0.717) is 11.7 Å². The number of hydrogen-bond acceptors (Lipinski definition) is 2. The van der Waals surface area contributed by atoms with E-state index in [0.717, 1.165) is 36.8 Å². The van der Waals surface area contributed by atoms with Gasteiger partial charge in [-0.3, -0.25) is 0 Å². The molecule has 0 amide bonds. The maximum atomic E-state index is 13.6. The van der Waals surface area contributed by atoms with Crippen molar-refractivity contribution in [3.05, 3.63) is 29.7 Å². The molecule has 0 atom stereocenters. The molecule has 4 heteroatoms. The van der Waals surface area contributed by atoms with Gasteiger partial charge in [0.15, 0.2) is 11.6 Å². The van der Waals surface area contributed by atoms with Gasteiger partial charge in [0.1, 0.15) is 0 Å². The molecule has 1 fully saturated rings. The number of halogens is 1. The number of ether oxygens (including phenoxy) is 1. The van der Waals surface area contributed by atoms with Gasteiger partial charge in [-0.1, -0.05) is 0 Å². The summed E-state index contributed by atoms with van der Waals surface area (Å²) in [6.07, 6.45) is 4.28. The van der Waals surface area contributed by atoms with Gasteiger partial charge < -0.3 is 15.0 Å². The molecule has 3 nitrogen and oxygen atoms in total. The number of nitrogens with one attached hydrogen (secondary N) is 2. The van der Waals surface area contributed by atoms with Crippen LogP contribution < -0.4 is 10.1 Å². The van der Waals surface area contributed by atoms with E-state index < -0.39 is 0 Å². The van der Waals surface area contributed by atoms with Crippen molar-refractivity contribution in [2.45, 2.75) is 18.8 Å². The fraction of sp³-hybridized carbons (Fsp3) is 0.429. The minimum absolute atomic E-state index is 0.316. The molecule has 18 heavy (non-hydrogen) atoms. The van der Waals surface area contributed by atoms with Gasteiger partial charge in [0.2, 0.25) is 0 Å². The van der Waals surface area contributed by atoms with Gasteiger partial charge in [0.05, 0.1) is 7.11 Å². The molecule has 96 valence electrons. The van der Waals surface area contributed by atoms with E-state index in [-0.39, 0.29) is 5.82 Å². The van der Waals surface area contributed by atoms with Crippen LogP contribution in [0.15, 0.2) is 18.3 Å². The number of piperidine rings is 1. The van der Waals surface area contributed by atoms with Gasteiger partial charge in [-0.05, 0) is 43.5 Å². The summed E-state index contributed by atoms with van der Waals surface area (Å²) in [4.78, 5) is 3.16.